The van der Waals surface area contributed by atoms with E-state index in [4.69, 9.17) is 5.73 Å². The van der Waals surface area contributed by atoms with E-state index in [0.29, 0.717) is 17.4 Å². The summed E-state index contributed by atoms with van der Waals surface area (Å²) in [7, 11) is 0. The van der Waals surface area contributed by atoms with Crippen LogP contribution in [0.5, 0.6) is 0 Å². The van der Waals surface area contributed by atoms with E-state index in [2.05, 4.69) is 22.5 Å². The smallest absolute Gasteiger partial charge is 0.137 e. The van der Waals surface area contributed by atoms with Gasteiger partial charge in [0.1, 0.15) is 5.82 Å². The highest BCUT2D eigenvalue weighted by molar-refractivity contribution is 9.10. The molecule has 0 spiro atoms. The fourth-order valence-corrected chi connectivity index (χ4v) is 1.75. The molecule has 0 aliphatic carbocycles. The Morgan fingerprint density at radius 2 is 2.27 bits per heavy atom. The normalized spacial score (nSPS) is 14.7. The average Bonchev–Trinajstić information content (AvgIpc) is 2.25. The van der Waals surface area contributed by atoms with Crippen LogP contribution in [0.2, 0.25) is 0 Å². The van der Waals surface area contributed by atoms with E-state index in [-0.39, 0.29) is 11.2 Å². The first-order valence-electron chi connectivity index (χ1n) is 4.79. The highest BCUT2D eigenvalue weighted by Gasteiger charge is 2.20. The molecule has 1 aromatic carbocycles. The Labute approximate surface area is 98.3 Å². The molecule has 0 heterocycles. The number of halogens is 2. The number of benzene rings is 1. The lowest BCUT2D eigenvalue weighted by molar-refractivity contribution is 0.437. The minimum Gasteiger partial charge on any atom is -0.330 e. The van der Waals surface area contributed by atoms with Crippen molar-refractivity contribution in [1.82, 2.24) is 0 Å². The van der Waals surface area contributed by atoms with Gasteiger partial charge in [-0.1, -0.05) is 25.1 Å². The Morgan fingerprint density at radius 1 is 1.60 bits per heavy atom. The van der Waals surface area contributed by atoms with E-state index >= 15 is 0 Å². The van der Waals surface area contributed by atoms with Gasteiger partial charge in [0.2, 0.25) is 0 Å². The Balaban J connectivity index is 2.98. The molecule has 2 N–H and O–H groups in total. The Hall–Kier alpha value is -0.670. The van der Waals surface area contributed by atoms with Crippen molar-refractivity contribution >= 4 is 15.9 Å². The van der Waals surface area contributed by atoms with Gasteiger partial charge in [-0.2, -0.15) is 0 Å². The molecule has 3 heteroatoms. The summed E-state index contributed by atoms with van der Waals surface area (Å²) in [5, 5.41) is 0. The fraction of sp³-hybridized carbons (Fsp3) is 0.333. The molecule has 82 valence electrons. The van der Waals surface area contributed by atoms with Crippen LogP contribution in [0.25, 0.3) is 0 Å². The molecule has 1 rings (SSSR count). The predicted octanol–water partition coefficient (Wildman–Crippen LogP) is 3.28. The SMILES string of the molecule is C=CC(C)(CN)Cc1cccc(F)c1Br. The zero-order valence-electron chi connectivity index (χ0n) is 8.76. The molecule has 1 aromatic rings. The number of hydrogen-bond acceptors (Lipinski definition) is 1. The molecule has 0 saturated carbocycles. The fourth-order valence-electron chi connectivity index (χ4n) is 1.35. The molecule has 15 heavy (non-hydrogen) atoms. The van der Waals surface area contributed by atoms with Crippen LogP contribution in [0.4, 0.5) is 4.39 Å². The largest absolute Gasteiger partial charge is 0.330 e. The molecule has 1 nitrogen and oxygen atoms in total. The maximum Gasteiger partial charge on any atom is 0.137 e. The van der Waals surface area contributed by atoms with Gasteiger partial charge in [-0.15, -0.1) is 6.58 Å². The summed E-state index contributed by atoms with van der Waals surface area (Å²) in [5.41, 5.74) is 6.41. The third-order valence-electron chi connectivity index (χ3n) is 2.58. The highest BCUT2D eigenvalue weighted by Crippen LogP contribution is 2.28. The van der Waals surface area contributed by atoms with Crippen LogP contribution < -0.4 is 5.73 Å². The minimum atomic E-state index is -0.240. The van der Waals surface area contributed by atoms with Crippen LogP contribution in [0.1, 0.15) is 12.5 Å². The van der Waals surface area contributed by atoms with Gasteiger partial charge in [0, 0.05) is 12.0 Å². The van der Waals surface area contributed by atoms with Gasteiger partial charge in [-0.05, 0) is 34.0 Å². The van der Waals surface area contributed by atoms with Gasteiger partial charge in [0.15, 0.2) is 0 Å². The van der Waals surface area contributed by atoms with Crippen LogP contribution in [0.3, 0.4) is 0 Å². The van der Waals surface area contributed by atoms with E-state index < -0.39 is 0 Å². The van der Waals surface area contributed by atoms with E-state index in [0.717, 1.165) is 5.56 Å². The lowest BCUT2D eigenvalue weighted by Gasteiger charge is -2.24. The third kappa shape index (κ3) is 2.89. The van der Waals surface area contributed by atoms with Gasteiger partial charge in [0.25, 0.3) is 0 Å². The monoisotopic (exact) mass is 271 g/mol. The Kier molecular flexibility index (Phi) is 4.05. The second kappa shape index (κ2) is 4.90. The van der Waals surface area contributed by atoms with Crippen molar-refractivity contribution in [2.24, 2.45) is 11.1 Å². The molecule has 1 atom stereocenters. The first-order valence-corrected chi connectivity index (χ1v) is 5.58. The van der Waals surface area contributed by atoms with Gasteiger partial charge in [0.05, 0.1) is 4.47 Å². The van der Waals surface area contributed by atoms with Gasteiger partial charge in [-0.3, -0.25) is 0 Å². The molecule has 0 aliphatic rings. The van der Waals surface area contributed by atoms with Crippen molar-refractivity contribution in [3.05, 3.63) is 46.7 Å². The third-order valence-corrected chi connectivity index (χ3v) is 3.47. The van der Waals surface area contributed by atoms with Crippen molar-refractivity contribution in [2.45, 2.75) is 13.3 Å². The van der Waals surface area contributed by atoms with Gasteiger partial charge < -0.3 is 5.73 Å². The zero-order chi connectivity index (χ0) is 11.5. The molecular weight excluding hydrogens is 257 g/mol. The van der Waals surface area contributed by atoms with Gasteiger partial charge in [-0.25, -0.2) is 4.39 Å². The van der Waals surface area contributed by atoms with Crippen LogP contribution in [-0.4, -0.2) is 6.54 Å². The lowest BCUT2D eigenvalue weighted by Crippen LogP contribution is -2.27. The maximum atomic E-state index is 13.3. The summed E-state index contributed by atoms with van der Waals surface area (Å²) < 4.78 is 13.8. The second-order valence-corrected chi connectivity index (χ2v) is 4.74. The molecule has 1 unspecified atom stereocenters. The van der Waals surface area contributed by atoms with Crippen LogP contribution in [-0.2, 0) is 6.42 Å². The molecule has 0 amide bonds. The van der Waals surface area contributed by atoms with Crippen molar-refractivity contribution in [2.75, 3.05) is 6.54 Å². The summed E-state index contributed by atoms with van der Waals surface area (Å²) in [6.45, 7) is 6.27. The lowest BCUT2D eigenvalue weighted by atomic mass is 9.84. The summed E-state index contributed by atoms with van der Waals surface area (Å²) in [5.74, 6) is -0.240. The van der Waals surface area contributed by atoms with E-state index in [9.17, 15) is 4.39 Å². The van der Waals surface area contributed by atoms with Crippen molar-refractivity contribution < 1.29 is 4.39 Å². The van der Waals surface area contributed by atoms with Gasteiger partial charge >= 0.3 is 0 Å². The molecule has 0 bridgehead atoms. The predicted molar refractivity (Wildman–Crippen MR) is 65.2 cm³/mol. The Morgan fingerprint density at radius 3 is 2.80 bits per heavy atom. The van der Waals surface area contributed by atoms with E-state index in [1.165, 1.54) is 6.07 Å². The molecule has 0 aromatic heterocycles. The summed E-state index contributed by atoms with van der Waals surface area (Å²) in [6.07, 6.45) is 2.51. The second-order valence-electron chi connectivity index (χ2n) is 3.95. The van der Waals surface area contributed by atoms with E-state index in [1.807, 2.05) is 19.1 Å². The maximum absolute atomic E-state index is 13.3. The first kappa shape index (κ1) is 12.4. The number of nitrogens with two attached hydrogens (primary N) is 1. The minimum absolute atomic E-state index is 0.184. The average molecular weight is 272 g/mol. The highest BCUT2D eigenvalue weighted by atomic mass is 79.9. The molecule has 0 saturated heterocycles. The van der Waals surface area contributed by atoms with Crippen molar-refractivity contribution in [3.8, 4) is 0 Å². The van der Waals surface area contributed by atoms with Crippen LogP contribution in [0.15, 0.2) is 35.3 Å². The van der Waals surface area contributed by atoms with Crippen LogP contribution >= 0.6 is 15.9 Å². The van der Waals surface area contributed by atoms with Crippen molar-refractivity contribution in [1.29, 1.82) is 0 Å². The molecule has 0 aliphatic heterocycles. The molecule has 0 fully saturated rings. The number of rotatable bonds is 4. The first-order chi connectivity index (χ1) is 7.02. The number of hydrogen-bond donors (Lipinski definition) is 1. The quantitative estimate of drug-likeness (QED) is 0.836. The summed E-state index contributed by atoms with van der Waals surface area (Å²) in [4.78, 5) is 0. The Bertz CT molecular complexity index is 365. The standard InChI is InChI=1S/C12H15BrFN/c1-3-12(2,8-15)7-9-5-4-6-10(14)11(9)13/h3-6H,1,7-8,15H2,2H3. The molecular formula is C12H15BrFN. The molecule has 0 radical (unpaired) electrons. The zero-order valence-corrected chi connectivity index (χ0v) is 10.3. The summed E-state index contributed by atoms with van der Waals surface area (Å²) in [6, 6.07) is 5.03. The van der Waals surface area contributed by atoms with E-state index in [1.54, 1.807) is 6.07 Å². The van der Waals surface area contributed by atoms with Crippen LogP contribution in [0, 0.1) is 11.2 Å². The topological polar surface area (TPSA) is 26.0 Å². The van der Waals surface area contributed by atoms with Crippen molar-refractivity contribution in [3.63, 3.8) is 0 Å². The summed E-state index contributed by atoms with van der Waals surface area (Å²) >= 11 is 3.24.